The van der Waals surface area contributed by atoms with Crippen molar-refractivity contribution in [2.24, 2.45) is 4.99 Å². The molecule has 0 radical (unpaired) electrons. The first-order valence-electron chi connectivity index (χ1n) is 15.6. The number of aryl methyl sites for hydroxylation is 1. The van der Waals surface area contributed by atoms with Gasteiger partial charge in [0.05, 0.1) is 37.3 Å². The summed E-state index contributed by atoms with van der Waals surface area (Å²) in [5, 5.41) is 12.2. The van der Waals surface area contributed by atoms with Crippen LogP contribution in [0.3, 0.4) is 0 Å². The van der Waals surface area contributed by atoms with Gasteiger partial charge in [-0.1, -0.05) is 30.3 Å². The monoisotopic (exact) mass is 580 g/mol. The summed E-state index contributed by atoms with van der Waals surface area (Å²) in [6.07, 6.45) is 3.57. The maximum absolute atomic E-state index is 9.67. The Morgan fingerprint density at radius 2 is 1.93 bits per heavy atom. The fourth-order valence-corrected chi connectivity index (χ4v) is 7.13. The van der Waals surface area contributed by atoms with Crippen molar-refractivity contribution in [1.29, 1.82) is 5.26 Å². The third-order valence-corrected chi connectivity index (χ3v) is 9.46. The summed E-state index contributed by atoms with van der Waals surface area (Å²) in [4.78, 5) is 24.0. The van der Waals surface area contributed by atoms with Crippen molar-refractivity contribution in [2.45, 2.75) is 51.2 Å². The van der Waals surface area contributed by atoms with Crippen LogP contribution in [0.2, 0.25) is 0 Å². The Balaban J connectivity index is 1.21. The summed E-state index contributed by atoms with van der Waals surface area (Å²) in [7, 11) is 2.16. The second-order valence-corrected chi connectivity index (χ2v) is 12.1. The summed E-state index contributed by atoms with van der Waals surface area (Å²) in [6.45, 7) is 8.92. The van der Waals surface area contributed by atoms with Crippen LogP contribution >= 0.6 is 0 Å². The average Bonchev–Trinajstić information content (AvgIpc) is 3.71. The van der Waals surface area contributed by atoms with E-state index in [9.17, 15) is 5.26 Å². The Kier molecular flexibility index (Phi) is 7.66. The van der Waals surface area contributed by atoms with Gasteiger partial charge in [-0.25, -0.2) is 4.99 Å². The second-order valence-electron chi connectivity index (χ2n) is 12.1. The molecule has 43 heavy (non-hydrogen) atoms. The lowest BCUT2D eigenvalue weighted by atomic mass is 9.99. The molecule has 3 aromatic rings. The van der Waals surface area contributed by atoms with Crippen LogP contribution in [0.25, 0.3) is 10.8 Å². The van der Waals surface area contributed by atoms with Crippen LogP contribution in [0.5, 0.6) is 6.01 Å². The molecular weight excluding hydrogens is 540 g/mol. The van der Waals surface area contributed by atoms with Crippen LogP contribution in [-0.2, 0) is 17.7 Å². The third-order valence-electron chi connectivity index (χ3n) is 9.46. The van der Waals surface area contributed by atoms with Crippen molar-refractivity contribution >= 4 is 28.3 Å². The highest BCUT2D eigenvalue weighted by Crippen LogP contribution is 2.36. The first-order chi connectivity index (χ1) is 21.1. The summed E-state index contributed by atoms with van der Waals surface area (Å²) < 4.78 is 12.1. The van der Waals surface area contributed by atoms with Gasteiger partial charge in [-0.2, -0.15) is 15.2 Å². The number of benzene rings is 2. The zero-order chi connectivity index (χ0) is 29.3. The molecule has 0 bridgehead atoms. The number of hydrogen-bond donors (Lipinski definition) is 0. The molecule has 4 aliphatic heterocycles. The van der Waals surface area contributed by atoms with Crippen molar-refractivity contribution < 1.29 is 9.47 Å². The number of anilines is 2. The van der Waals surface area contributed by atoms with E-state index in [1.54, 1.807) is 0 Å². The van der Waals surface area contributed by atoms with E-state index in [1.165, 1.54) is 34.0 Å². The fraction of sp³-hybridized carbons (Fsp3) is 0.515. The molecule has 2 unspecified atom stereocenters. The lowest BCUT2D eigenvalue weighted by molar-refractivity contribution is 0.186. The van der Waals surface area contributed by atoms with E-state index in [0.717, 1.165) is 50.5 Å². The first-order valence-corrected chi connectivity index (χ1v) is 15.6. The fourth-order valence-electron chi connectivity index (χ4n) is 7.13. The van der Waals surface area contributed by atoms with Gasteiger partial charge in [0.2, 0.25) is 0 Å². The Bertz CT molecular complexity index is 1560. The van der Waals surface area contributed by atoms with Gasteiger partial charge >= 0.3 is 6.01 Å². The zero-order valence-corrected chi connectivity index (χ0v) is 25.2. The van der Waals surface area contributed by atoms with Crippen molar-refractivity contribution in [2.75, 3.05) is 69.3 Å². The maximum Gasteiger partial charge on any atom is 0.318 e. The number of fused-ring (bicyclic) bond motifs is 2. The maximum atomic E-state index is 9.67. The number of ether oxygens (including phenoxy) is 2. The minimum Gasteiger partial charge on any atom is -0.463 e. The van der Waals surface area contributed by atoms with E-state index in [0.29, 0.717) is 57.3 Å². The molecule has 1 aromatic heterocycles. The zero-order valence-electron chi connectivity index (χ0n) is 25.2. The molecule has 0 aliphatic carbocycles. The lowest BCUT2D eigenvalue weighted by Crippen LogP contribution is -2.56. The normalized spacial score (nSPS) is 22.3. The number of hydrogen-bond acceptors (Lipinski definition) is 10. The third kappa shape index (κ3) is 5.42. The molecule has 2 atom stereocenters. The van der Waals surface area contributed by atoms with Crippen LogP contribution in [0.15, 0.2) is 41.4 Å². The number of piperazine rings is 1. The molecule has 4 aliphatic rings. The molecule has 10 heteroatoms. The smallest absolute Gasteiger partial charge is 0.318 e. The lowest BCUT2D eigenvalue weighted by Gasteiger charge is -2.42. The van der Waals surface area contributed by atoms with Crippen molar-refractivity contribution in [1.82, 2.24) is 19.8 Å². The van der Waals surface area contributed by atoms with Crippen LogP contribution in [0, 0.1) is 18.3 Å². The Morgan fingerprint density at radius 3 is 2.72 bits per heavy atom. The molecule has 5 heterocycles. The SMILES string of the molecule is Cc1cccc2cccc(N3CCc4c(nc(OCC5CCCN5C)nc4N4CCN(C5=NCCO5)C(CC#N)C4)C3)c12. The summed E-state index contributed by atoms with van der Waals surface area (Å²) in [5.74, 6) is 0.949. The standard InChI is InChI=1S/C33H40N8O2/c1-23-6-3-7-24-8-4-10-29(30(23)24)39-16-12-27-28(21-39)36-32(43-22-26-9-5-15-38(26)2)37-31(27)40-17-18-41(25(20-40)11-13-34)33-35-14-19-42-33/h3-4,6-8,10,25-26H,5,9,11-12,14-22H2,1-2H3. The molecule has 0 amide bonds. The van der Waals surface area contributed by atoms with Gasteiger partial charge in [0, 0.05) is 48.9 Å². The number of amidine groups is 1. The molecule has 10 nitrogen and oxygen atoms in total. The Morgan fingerprint density at radius 1 is 1.05 bits per heavy atom. The first kappa shape index (κ1) is 27.7. The number of aliphatic imine (C=N–C) groups is 1. The molecule has 0 N–H and O–H groups in total. The quantitative estimate of drug-likeness (QED) is 0.432. The van der Waals surface area contributed by atoms with E-state index in [4.69, 9.17) is 19.4 Å². The molecular formula is C33H40N8O2. The van der Waals surface area contributed by atoms with Gasteiger partial charge < -0.3 is 29.1 Å². The van der Waals surface area contributed by atoms with Gasteiger partial charge in [-0.05, 0) is 56.8 Å². The van der Waals surface area contributed by atoms with E-state index in [1.807, 2.05) is 0 Å². The highest BCUT2D eigenvalue weighted by Gasteiger charge is 2.35. The topological polar surface area (TPSA) is 93.3 Å². The van der Waals surface area contributed by atoms with Crippen molar-refractivity contribution in [3.8, 4) is 12.1 Å². The number of likely N-dealkylation sites (N-methyl/N-ethyl adjacent to an activating group) is 1. The number of aromatic nitrogens is 2. The van der Waals surface area contributed by atoms with Crippen LogP contribution in [0.1, 0.15) is 36.1 Å². The van der Waals surface area contributed by atoms with Gasteiger partial charge in [0.15, 0.2) is 0 Å². The van der Waals surface area contributed by atoms with Gasteiger partial charge in [0.1, 0.15) is 19.0 Å². The largest absolute Gasteiger partial charge is 0.463 e. The van der Waals surface area contributed by atoms with E-state index < -0.39 is 0 Å². The van der Waals surface area contributed by atoms with Crippen LogP contribution < -0.4 is 14.5 Å². The molecule has 7 rings (SSSR count). The number of nitriles is 1. The Hall–Kier alpha value is -4.10. The van der Waals surface area contributed by atoms with E-state index in [2.05, 4.69) is 81.0 Å². The molecule has 0 spiro atoms. The summed E-state index contributed by atoms with van der Waals surface area (Å²) in [5.41, 5.74) is 4.75. The molecule has 224 valence electrons. The highest BCUT2D eigenvalue weighted by atomic mass is 16.5. The van der Waals surface area contributed by atoms with Crippen molar-refractivity contribution in [3.63, 3.8) is 0 Å². The molecule has 2 aromatic carbocycles. The number of likely N-dealkylation sites (tertiary alicyclic amines) is 1. The predicted octanol–water partition coefficient (Wildman–Crippen LogP) is 3.76. The van der Waals surface area contributed by atoms with Crippen LogP contribution in [-0.4, -0.2) is 97.4 Å². The van der Waals surface area contributed by atoms with Crippen molar-refractivity contribution in [3.05, 3.63) is 53.2 Å². The van der Waals surface area contributed by atoms with Gasteiger partial charge in [0.25, 0.3) is 6.02 Å². The van der Waals surface area contributed by atoms with Gasteiger partial charge in [-0.15, -0.1) is 0 Å². The second kappa shape index (κ2) is 11.9. The molecule has 2 saturated heterocycles. The highest BCUT2D eigenvalue weighted by molar-refractivity contribution is 5.97. The summed E-state index contributed by atoms with van der Waals surface area (Å²) >= 11 is 0. The van der Waals surface area contributed by atoms with Crippen LogP contribution in [0.4, 0.5) is 11.5 Å². The minimum absolute atomic E-state index is 0.0172. The average molecular weight is 581 g/mol. The number of nitrogens with zero attached hydrogens (tertiary/aromatic N) is 8. The Labute approximate surface area is 253 Å². The van der Waals surface area contributed by atoms with E-state index >= 15 is 0 Å². The molecule has 2 fully saturated rings. The number of rotatable bonds is 6. The van der Waals surface area contributed by atoms with E-state index in [-0.39, 0.29) is 6.04 Å². The minimum atomic E-state index is -0.0172. The summed E-state index contributed by atoms with van der Waals surface area (Å²) in [6, 6.07) is 17.0. The van der Waals surface area contributed by atoms with Gasteiger partial charge in [-0.3, -0.25) is 0 Å². The molecule has 0 saturated carbocycles. The predicted molar refractivity (Wildman–Crippen MR) is 168 cm³/mol.